The Labute approximate surface area is 147 Å². The van der Waals surface area contributed by atoms with E-state index in [0.29, 0.717) is 11.7 Å². The van der Waals surface area contributed by atoms with Crippen LogP contribution in [-0.2, 0) is 4.79 Å². The minimum atomic E-state index is -0.437. The van der Waals surface area contributed by atoms with E-state index in [1.807, 2.05) is 76.2 Å². The minimum absolute atomic E-state index is 0.0279. The summed E-state index contributed by atoms with van der Waals surface area (Å²) in [5, 5.41) is 6.96. The number of anilines is 1. The van der Waals surface area contributed by atoms with Gasteiger partial charge in [0.1, 0.15) is 0 Å². The average Bonchev–Trinajstić information content (AvgIpc) is 3.05. The molecular formula is C20H21N3O2. The van der Waals surface area contributed by atoms with E-state index in [4.69, 9.17) is 4.52 Å². The zero-order valence-corrected chi connectivity index (χ0v) is 14.8. The van der Waals surface area contributed by atoms with Crippen LogP contribution in [0.1, 0.15) is 26.3 Å². The fourth-order valence-corrected chi connectivity index (χ4v) is 2.29. The van der Waals surface area contributed by atoms with Crippen LogP contribution in [0, 0.1) is 12.3 Å². The topological polar surface area (TPSA) is 68.0 Å². The largest absolute Gasteiger partial charge is 0.334 e. The van der Waals surface area contributed by atoms with Crippen LogP contribution >= 0.6 is 0 Å². The highest BCUT2D eigenvalue weighted by molar-refractivity contribution is 5.94. The third-order valence-corrected chi connectivity index (χ3v) is 3.88. The Morgan fingerprint density at radius 1 is 1.04 bits per heavy atom. The third-order valence-electron chi connectivity index (χ3n) is 3.88. The normalized spacial score (nSPS) is 11.4. The summed E-state index contributed by atoms with van der Waals surface area (Å²) in [6.07, 6.45) is 0. The molecule has 2 aromatic carbocycles. The molecule has 0 radical (unpaired) electrons. The van der Waals surface area contributed by atoms with Crippen LogP contribution in [0.4, 0.5) is 5.69 Å². The molecular weight excluding hydrogens is 314 g/mol. The lowest BCUT2D eigenvalue weighted by molar-refractivity contribution is -0.123. The van der Waals surface area contributed by atoms with Crippen molar-refractivity contribution in [3.05, 3.63) is 54.1 Å². The van der Waals surface area contributed by atoms with E-state index in [-0.39, 0.29) is 5.91 Å². The van der Waals surface area contributed by atoms with E-state index < -0.39 is 5.41 Å². The summed E-state index contributed by atoms with van der Waals surface area (Å²) in [5.74, 6) is 0.991. The zero-order chi connectivity index (χ0) is 18.0. The van der Waals surface area contributed by atoms with E-state index >= 15 is 0 Å². The molecule has 0 saturated heterocycles. The van der Waals surface area contributed by atoms with Gasteiger partial charge in [0, 0.05) is 22.2 Å². The Morgan fingerprint density at radius 2 is 1.72 bits per heavy atom. The maximum absolute atomic E-state index is 12.0. The molecule has 25 heavy (non-hydrogen) atoms. The highest BCUT2D eigenvalue weighted by atomic mass is 16.5. The van der Waals surface area contributed by atoms with E-state index in [9.17, 15) is 4.79 Å². The van der Waals surface area contributed by atoms with E-state index in [1.165, 1.54) is 0 Å². The number of rotatable bonds is 3. The SMILES string of the molecule is Cc1ccccc1-c1noc(-c2ccc(NC(=O)C(C)(C)C)cc2)n1. The molecule has 1 amide bonds. The Balaban J connectivity index is 1.80. The molecule has 0 spiro atoms. The molecule has 0 aliphatic heterocycles. The fraction of sp³-hybridized carbons (Fsp3) is 0.250. The molecule has 1 heterocycles. The van der Waals surface area contributed by atoms with Crippen molar-refractivity contribution < 1.29 is 9.32 Å². The first-order valence-corrected chi connectivity index (χ1v) is 8.16. The molecule has 0 fully saturated rings. The van der Waals surface area contributed by atoms with Crippen molar-refractivity contribution in [1.82, 2.24) is 10.1 Å². The standard InChI is InChI=1S/C20H21N3O2/c1-13-7-5-6-8-16(13)17-22-18(25-23-17)14-9-11-15(12-10-14)21-19(24)20(2,3)4/h5-12H,1-4H3,(H,21,24). The van der Waals surface area contributed by atoms with Gasteiger partial charge in [-0.3, -0.25) is 4.79 Å². The Hall–Kier alpha value is -2.95. The maximum atomic E-state index is 12.0. The van der Waals surface area contributed by atoms with Gasteiger partial charge in [0.25, 0.3) is 5.89 Å². The summed E-state index contributed by atoms with van der Waals surface area (Å²) in [4.78, 5) is 16.5. The van der Waals surface area contributed by atoms with Crippen molar-refractivity contribution in [2.75, 3.05) is 5.32 Å². The van der Waals surface area contributed by atoms with Gasteiger partial charge in [0.15, 0.2) is 0 Å². The predicted octanol–water partition coefficient (Wildman–Crippen LogP) is 4.70. The van der Waals surface area contributed by atoms with Crippen LogP contribution < -0.4 is 5.32 Å². The number of aryl methyl sites for hydroxylation is 1. The van der Waals surface area contributed by atoms with Gasteiger partial charge >= 0.3 is 0 Å². The van der Waals surface area contributed by atoms with Gasteiger partial charge < -0.3 is 9.84 Å². The first kappa shape index (κ1) is 16.9. The molecule has 0 aliphatic rings. The number of amides is 1. The molecule has 5 nitrogen and oxygen atoms in total. The monoisotopic (exact) mass is 335 g/mol. The van der Waals surface area contributed by atoms with Gasteiger partial charge in [-0.25, -0.2) is 0 Å². The number of nitrogens with zero attached hydrogens (tertiary/aromatic N) is 2. The highest BCUT2D eigenvalue weighted by Gasteiger charge is 2.21. The Bertz CT molecular complexity index is 890. The number of benzene rings is 2. The number of hydrogen-bond donors (Lipinski definition) is 1. The minimum Gasteiger partial charge on any atom is -0.334 e. The number of carbonyl (C=O) groups excluding carboxylic acids is 1. The molecule has 0 aliphatic carbocycles. The third kappa shape index (κ3) is 3.76. The fourth-order valence-electron chi connectivity index (χ4n) is 2.29. The smallest absolute Gasteiger partial charge is 0.258 e. The summed E-state index contributed by atoms with van der Waals surface area (Å²) >= 11 is 0. The van der Waals surface area contributed by atoms with Crippen molar-refractivity contribution in [3.8, 4) is 22.8 Å². The second kappa shape index (κ2) is 6.51. The van der Waals surface area contributed by atoms with Gasteiger partial charge in [-0.05, 0) is 36.8 Å². The summed E-state index contributed by atoms with van der Waals surface area (Å²) in [5.41, 5.74) is 3.15. The Morgan fingerprint density at radius 3 is 2.36 bits per heavy atom. The molecule has 0 saturated carbocycles. The van der Waals surface area contributed by atoms with E-state index in [1.54, 1.807) is 0 Å². The lowest BCUT2D eigenvalue weighted by Gasteiger charge is -2.17. The zero-order valence-electron chi connectivity index (χ0n) is 14.8. The summed E-state index contributed by atoms with van der Waals surface area (Å²) < 4.78 is 5.39. The second-order valence-electron chi connectivity index (χ2n) is 7.02. The van der Waals surface area contributed by atoms with Gasteiger partial charge in [0.2, 0.25) is 11.7 Å². The highest BCUT2D eigenvalue weighted by Crippen LogP contribution is 2.25. The molecule has 3 aromatic rings. The van der Waals surface area contributed by atoms with E-state index in [0.717, 1.165) is 22.4 Å². The van der Waals surface area contributed by atoms with Crippen LogP contribution in [-0.4, -0.2) is 16.0 Å². The molecule has 0 unspecified atom stereocenters. The van der Waals surface area contributed by atoms with Crippen molar-refractivity contribution in [2.24, 2.45) is 5.41 Å². The predicted molar refractivity (Wildman–Crippen MR) is 98.0 cm³/mol. The van der Waals surface area contributed by atoms with Gasteiger partial charge in [0.05, 0.1) is 0 Å². The van der Waals surface area contributed by atoms with Gasteiger partial charge in [-0.15, -0.1) is 0 Å². The van der Waals surface area contributed by atoms with E-state index in [2.05, 4.69) is 15.5 Å². The molecule has 0 bridgehead atoms. The van der Waals surface area contributed by atoms with Crippen LogP contribution in [0.5, 0.6) is 0 Å². The maximum Gasteiger partial charge on any atom is 0.258 e. The lowest BCUT2D eigenvalue weighted by atomic mass is 9.95. The average molecular weight is 335 g/mol. The number of hydrogen-bond acceptors (Lipinski definition) is 4. The van der Waals surface area contributed by atoms with Crippen molar-refractivity contribution in [2.45, 2.75) is 27.7 Å². The van der Waals surface area contributed by atoms with Crippen LogP contribution in [0.3, 0.4) is 0 Å². The number of aromatic nitrogens is 2. The quantitative estimate of drug-likeness (QED) is 0.753. The van der Waals surface area contributed by atoms with Crippen molar-refractivity contribution >= 4 is 11.6 Å². The summed E-state index contributed by atoms with van der Waals surface area (Å²) in [6.45, 7) is 7.64. The van der Waals surface area contributed by atoms with Crippen molar-refractivity contribution in [1.29, 1.82) is 0 Å². The van der Waals surface area contributed by atoms with Crippen LogP contribution in [0.25, 0.3) is 22.8 Å². The molecule has 1 aromatic heterocycles. The molecule has 0 atom stereocenters. The first-order valence-electron chi connectivity index (χ1n) is 8.16. The summed E-state index contributed by atoms with van der Waals surface area (Å²) in [6, 6.07) is 15.3. The number of carbonyl (C=O) groups is 1. The molecule has 3 rings (SSSR count). The van der Waals surface area contributed by atoms with Gasteiger partial charge in [-0.2, -0.15) is 4.98 Å². The first-order chi connectivity index (χ1) is 11.8. The summed E-state index contributed by atoms with van der Waals surface area (Å²) in [7, 11) is 0. The van der Waals surface area contributed by atoms with Gasteiger partial charge in [-0.1, -0.05) is 50.2 Å². The molecule has 1 N–H and O–H groups in total. The Kier molecular flexibility index (Phi) is 4.40. The lowest BCUT2D eigenvalue weighted by Crippen LogP contribution is -2.27. The van der Waals surface area contributed by atoms with Crippen LogP contribution in [0.15, 0.2) is 53.1 Å². The van der Waals surface area contributed by atoms with Crippen LogP contribution in [0.2, 0.25) is 0 Å². The molecule has 128 valence electrons. The number of nitrogens with one attached hydrogen (secondary N) is 1. The van der Waals surface area contributed by atoms with Crippen molar-refractivity contribution in [3.63, 3.8) is 0 Å². The molecule has 5 heteroatoms. The second-order valence-corrected chi connectivity index (χ2v) is 7.02.